The number of nitrogens with zero attached hydrogens (tertiary/aromatic N) is 1. The molecule has 1 fully saturated rings. The average Bonchev–Trinajstić information content (AvgIpc) is 2.88. The summed E-state index contributed by atoms with van der Waals surface area (Å²) in [4.78, 5) is 16.8. The fourth-order valence-corrected chi connectivity index (χ4v) is 3.90. The third-order valence-corrected chi connectivity index (χ3v) is 5.08. The number of rotatable bonds is 3. The summed E-state index contributed by atoms with van der Waals surface area (Å²) in [6.07, 6.45) is 3.98. The van der Waals surface area contributed by atoms with Crippen LogP contribution in [0.15, 0.2) is 18.2 Å². The number of anilines is 1. The van der Waals surface area contributed by atoms with E-state index in [1.807, 2.05) is 12.1 Å². The molecular formula is C15H17ClN2O2S. The average molecular weight is 325 g/mol. The highest BCUT2D eigenvalue weighted by atomic mass is 35.5. The lowest BCUT2D eigenvalue weighted by Gasteiger charge is -2.26. The second kappa shape index (κ2) is 6.30. The predicted octanol–water partition coefficient (Wildman–Crippen LogP) is 4.09. The summed E-state index contributed by atoms with van der Waals surface area (Å²) < 4.78 is 6.36. The van der Waals surface area contributed by atoms with Crippen LogP contribution in [-0.2, 0) is 9.53 Å². The Balaban J connectivity index is 1.70. The van der Waals surface area contributed by atoms with Crippen molar-refractivity contribution >= 4 is 44.2 Å². The number of amides is 1. The van der Waals surface area contributed by atoms with E-state index in [1.165, 1.54) is 11.3 Å². The van der Waals surface area contributed by atoms with Gasteiger partial charge < -0.3 is 10.1 Å². The van der Waals surface area contributed by atoms with Crippen LogP contribution in [0.4, 0.5) is 5.13 Å². The number of carbonyl (C=O) groups excluding carboxylic acids is 1. The monoisotopic (exact) mass is 324 g/mol. The number of ether oxygens (including phenoxy) is 1. The maximum Gasteiger partial charge on any atom is 0.229 e. The third kappa shape index (κ3) is 3.36. The fourth-order valence-electron chi connectivity index (χ4n) is 2.76. The molecule has 0 saturated heterocycles. The number of hydrogen-bond donors (Lipinski definition) is 1. The number of thiazole rings is 1. The van der Waals surface area contributed by atoms with Crippen LogP contribution in [0.2, 0.25) is 5.02 Å². The summed E-state index contributed by atoms with van der Waals surface area (Å²) in [6, 6.07) is 5.54. The van der Waals surface area contributed by atoms with Gasteiger partial charge in [0.25, 0.3) is 0 Å². The van der Waals surface area contributed by atoms with Crippen LogP contribution in [-0.4, -0.2) is 24.1 Å². The van der Waals surface area contributed by atoms with Gasteiger partial charge in [0, 0.05) is 18.1 Å². The van der Waals surface area contributed by atoms with Gasteiger partial charge in [-0.3, -0.25) is 4.79 Å². The predicted molar refractivity (Wildman–Crippen MR) is 86.0 cm³/mol. The lowest BCUT2D eigenvalue weighted by Crippen LogP contribution is -2.30. The minimum Gasteiger partial charge on any atom is -0.381 e. The number of benzene rings is 1. The molecular weight excluding hydrogens is 308 g/mol. The topological polar surface area (TPSA) is 51.2 Å². The molecule has 1 aromatic heterocycles. The second-order valence-corrected chi connectivity index (χ2v) is 6.81. The molecule has 0 aliphatic heterocycles. The van der Waals surface area contributed by atoms with E-state index in [1.54, 1.807) is 13.2 Å². The van der Waals surface area contributed by atoms with E-state index in [9.17, 15) is 4.79 Å². The van der Waals surface area contributed by atoms with Gasteiger partial charge in [-0.05, 0) is 37.5 Å². The normalized spacial score (nSPS) is 22.4. The van der Waals surface area contributed by atoms with Crippen molar-refractivity contribution in [2.75, 3.05) is 12.4 Å². The third-order valence-electron chi connectivity index (χ3n) is 3.91. The Morgan fingerprint density at radius 3 is 3.14 bits per heavy atom. The van der Waals surface area contributed by atoms with Gasteiger partial charge >= 0.3 is 0 Å². The van der Waals surface area contributed by atoms with E-state index in [4.69, 9.17) is 16.3 Å². The van der Waals surface area contributed by atoms with Gasteiger partial charge in [0.1, 0.15) is 0 Å². The molecule has 1 saturated carbocycles. The molecule has 1 aromatic carbocycles. The van der Waals surface area contributed by atoms with Gasteiger partial charge in [-0.25, -0.2) is 4.98 Å². The van der Waals surface area contributed by atoms with Gasteiger partial charge in [0.15, 0.2) is 5.13 Å². The summed E-state index contributed by atoms with van der Waals surface area (Å²) in [5, 5.41) is 4.25. The molecule has 21 heavy (non-hydrogen) atoms. The molecule has 2 atom stereocenters. The zero-order valence-electron chi connectivity index (χ0n) is 11.8. The Hall–Kier alpha value is -1.17. The van der Waals surface area contributed by atoms with E-state index in [0.29, 0.717) is 10.2 Å². The van der Waals surface area contributed by atoms with Gasteiger partial charge in [-0.15, -0.1) is 0 Å². The molecule has 0 radical (unpaired) electrons. The number of halogens is 1. The second-order valence-electron chi connectivity index (χ2n) is 5.34. The van der Waals surface area contributed by atoms with Gasteiger partial charge in [0.2, 0.25) is 5.91 Å². The molecule has 1 amide bonds. The summed E-state index contributed by atoms with van der Waals surface area (Å²) in [5.41, 5.74) is 0.859. The summed E-state index contributed by atoms with van der Waals surface area (Å²) in [6.45, 7) is 0. The molecule has 0 bridgehead atoms. The van der Waals surface area contributed by atoms with Gasteiger partial charge in [0.05, 0.1) is 16.3 Å². The van der Waals surface area contributed by atoms with Crippen molar-refractivity contribution in [2.45, 2.75) is 31.8 Å². The minimum atomic E-state index is 0.0132. The fraction of sp³-hybridized carbons (Fsp3) is 0.467. The number of methoxy groups -OCH3 is 1. The van der Waals surface area contributed by atoms with E-state index >= 15 is 0 Å². The number of aromatic nitrogens is 1. The van der Waals surface area contributed by atoms with Crippen LogP contribution in [0.1, 0.15) is 25.7 Å². The Morgan fingerprint density at radius 1 is 1.48 bits per heavy atom. The maximum absolute atomic E-state index is 12.3. The van der Waals surface area contributed by atoms with Crippen molar-refractivity contribution in [3.63, 3.8) is 0 Å². The number of hydrogen-bond acceptors (Lipinski definition) is 4. The zero-order chi connectivity index (χ0) is 14.8. The first kappa shape index (κ1) is 14.8. The molecule has 4 nitrogen and oxygen atoms in total. The Bertz CT molecular complexity index is 658. The van der Waals surface area contributed by atoms with Gasteiger partial charge in [-0.1, -0.05) is 29.4 Å². The number of fused-ring (bicyclic) bond motifs is 1. The smallest absolute Gasteiger partial charge is 0.229 e. The number of nitrogens with one attached hydrogen (secondary N) is 1. The quantitative estimate of drug-likeness (QED) is 0.925. The van der Waals surface area contributed by atoms with E-state index < -0.39 is 0 Å². The molecule has 1 aliphatic rings. The highest BCUT2D eigenvalue weighted by molar-refractivity contribution is 7.22. The Labute approximate surface area is 132 Å². The minimum absolute atomic E-state index is 0.0132. The van der Waals surface area contributed by atoms with Crippen LogP contribution in [0, 0.1) is 5.92 Å². The molecule has 1 N–H and O–H groups in total. The van der Waals surface area contributed by atoms with Crippen LogP contribution in [0.25, 0.3) is 10.2 Å². The Morgan fingerprint density at radius 2 is 2.33 bits per heavy atom. The van der Waals surface area contributed by atoms with Crippen LogP contribution in [0.3, 0.4) is 0 Å². The summed E-state index contributed by atoms with van der Waals surface area (Å²) in [5.74, 6) is 0.0567. The molecule has 2 aromatic rings. The Kier molecular flexibility index (Phi) is 4.42. The molecule has 1 heterocycles. The summed E-state index contributed by atoms with van der Waals surface area (Å²) >= 11 is 7.42. The van der Waals surface area contributed by atoms with E-state index in [-0.39, 0.29) is 17.9 Å². The summed E-state index contributed by atoms with van der Waals surface area (Å²) in [7, 11) is 1.71. The van der Waals surface area contributed by atoms with E-state index in [2.05, 4.69) is 10.3 Å². The van der Waals surface area contributed by atoms with Crippen molar-refractivity contribution in [3.05, 3.63) is 23.2 Å². The number of carbonyl (C=O) groups is 1. The maximum atomic E-state index is 12.3. The highest BCUT2D eigenvalue weighted by Crippen LogP contribution is 2.30. The molecule has 2 unspecified atom stereocenters. The molecule has 3 rings (SSSR count). The van der Waals surface area contributed by atoms with E-state index in [0.717, 1.165) is 35.9 Å². The molecule has 1 aliphatic carbocycles. The highest BCUT2D eigenvalue weighted by Gasteiger charge is 2.27. The standard InChI is InChI=1S/C15H17ClN2O2S/c1-20-11-4-2-3-9(7-11)14(19)18-15-17-12-6-5-10(16)8-13(12)21-15/h5-6,8-9,11H,2-4,7H2,1H3,(H,17,18,19). The van der Waals surface area contributed by atoms with Gasteiger partial charge in [-0.2, -0.15) is 0 Å². The molecule has 112 valence electrons. The first-order chi connectivity index (χ1) is 10.2. The SMILES string of the molecule is COC1CCCC(C(=O)Nc2nc3ccc(Cl)cc3s2)C1. The van der Waals surface area contributed by atoms with Crippen LogP contribution < -0.4 is 5.32 Å². The lowest BCUT2D eigenvalue weighted by atomic mass is 9.86. The molecule has 0 spiro atoms. The first-order valence-electron chi connectivity index (χ1n) is 7.05. The van der Waals surface area contributed by atoms with Crippen molar-refractivity contribution in [3.8, 4) is 0 Å². The van der Waals surface area contributed by atoms with Crippen molar-refractivity contribution < 1.29 is 9.53 Å². The zero-order valence-corrected chi connectivity index (χ0v) is 13.3. The molecule has 6 heteroatoms. The van der Waals surface area contributed by atoms with Crippen LogP contribution in [0.5, 0.6) is 0 Å². The lowest BCUT2D eigenvalue weighted by molar-refractivity contribution is -0.122. The first-order valence-corrected chi connectivity index (χ1v) is 8.25. The largest absolute Gasteiger partial charge is 0.381 e. The van der Waals surface area contributed by atoms with Crippen molar-refractivity contribution in [1.82, 2.24) is 4.98 Å². The van der Waals surface area contributed by atoms with Crippen molar-refractivity contribution in [2.24, 2.45) is 5.92 Å². The van der Waals surface area contributed by atoms with Crippen LogP contribution >= 0.6 is 22.9 Å². The van der Waals surface area contributed by atoms with Crippen molar-refractivity contribution in [1.29, 1.82) is 0 Å².